The molecule has 4 aromatic rings. The van der Waals surface area contributed by atoms with E-state index in [1.54, 1.807) is 36.3 Å². The third kappa shape index (κ3) is 3.81. The fourth-order valence-corrected chi connectivity index (χ4v) is 4.40. The quantitative estimate of drug-likeness (QED) is 0.376. The summed E-state index contributed by atoms with van der Waals surface area (Å²) in [7, 11) is 1.61. The van der Waals surface area contributed by atoms with Crippen LogP contribution in [0.25, 0.3) is 11.0 Å². The molecule has 172 valence electrons. The van der Waals surface area contributed by atoms with Crippen LogP contribution in [0.1, 0.15) is 46.6 Å². The molecule has 6 nitrogen and oxygen atoms in total. The lowest BCUT2D eigenvalue weighted by molar-refractivity contribution is 0.0714. The van der Waals surface area contributed by atoms with Crippen LogP contribution >= 0.6 is 0 Å². The van der Waals surface area contributed by atoms with Crippen molar-refractivity contribution in [1.29, 1.82) is 0 Å². The first-order valence-electron chi connectivity index (χ1n) is 11.3. The molecule has 1 unspecified atom stereocenters. The van der Waals surface area contributed by atoms with Gasteiger partial charge in [-0.15, -0.1) is 0 Å². The number of hydrogen-bond donors (Lipinski definition) is 0. The van der Waals surface area contributed by atoms with Crippen molar-refractivity contribution < 1.29 is 18.7 Å². The highest BCUT2D eigenvalue weighted by atomic mass is 16.5. The third-order valence-corrected chi connectivity index (χ3v) is 6.03. The van der Waals surface area contributed by atoms with Gasteiger partial charge in [0.1, 0.15) is 17.1 Å². The Labute approximate surface area is 197 Å². The van der Waals surface area contributed by atoms with Crippen LogP contribution in [0.2, 0.25) is 0 Å². The Morgan fingerprint density at radius 1 is 0.941 bits per heavy atom. The molecular weight excluding hydrogens is 430 g/mol. The summed E-state index contributed by atoms with van der Waals surface area (Å²) in [5, 5.41) is 0.462. The Morgan fingerprint density at radius 2 is 1.74 bits per heavy atom. The van der Waals surface area contributed by atoms with Crippen LogP contribution in [-0.4, -0.2) is 24.5 Å². The second kappa shape index (κ2) is 9.06. The molecule has 1 aliphatic rings. The monoisotopic (exact) mass is 455 g/mol. The molecule has 0 saturated carbocycles. The summed E-state index contributed by atoms with van der Waals surface area (Å²) in [5.41, 5.74) is 2.31. The predicted octanol–water partition coefficient (Wildman–Crippen LogP) is 5.34. The zero-order valence-corrected chi connectivity index (χ0v) is 19.1. The molecule has 0 saturated heterocycles. The Balaban J connectivity index is 1.65. The largest absolute Gasteiger partial charge is 0.497 e. The van der Waals surface area contributed by atoms with E-state index in [4.69, 9.17) is 13.9 Å². The van der Waals surface area contributed by atoms with Crippen LogP contribution in [0.5, 0.6) is 11.5 Å². The van der Waals surface area contributed by atoms with Crippen molar-refractivity contribution in [1.82, 2.24) is 4.90 Å². The molecule has 1 atom stereocenters. The van der Waals surface area contributed by atoms with Crippen molar-refractivity contribution in [3.63, 3.8) is 0 Å². The van der Waals surface area contributed by atoms with Crippen LogP contribution in [0, 0.1) is 0 Å². The van der Waals surface area contributed by atoms with Crippen LogP contribution < -0.4 is 14.9 Å². The topological polar surface area (TPSA) is 69.0 Å². The summed E-state index contributed by atoms with van der Waals surface area (Å²) in [4.78, 5) is 28.9. The maximum atomic E-state index is 13.6. The molecule has 1 aliphatic heterocycles. The van der Waals surface area contributed by atoms with Gasteiger partial charge in [-0.2, -0.15) is 0 Å². The number of benzene rings is 3. The van der Waals surface area contributed by atoms with E-state index in [1.165, 1.54) is 0 Å². The van der Waals surface area contributed by atoms with E-state index in [1.807, 2.05) is 55.5 Å². The lowest BCUT2D eigenvalue weighted by atomic mass is 9.98. The molecule has 3 aromatic carbocycles. The van der Waals surface area contributed by atoms with E-state index in [9.17, 15) is 9.59 Å². The molecule has 6 heteroatoms. The van der Waals surface area contributed by atoms with Gasteiger partial charge < -0.3 is 18.8 Å². The van der Waals surface area contributed by atoms with Crippen molar-refractivity contribution in [2.45, 2.75) is 25.9 Å². The van der Waals surface area contributed by atoms with Gasteiger partial charge in [-0.1, -0.05) is 43.3 Å². The zero-order chi connectivity index (χ0) is 23.7. The Kier molecular flexibility index (Phi) is 5.80. The third-order valence-electron chi connectivity index (χ3n) is 6.03. The van der Waals surface area contributed by atoms with Gasteiger partial charge in [-0.25, -0.2) is 0 Å². The molecule has 5 rings (SSSR count). The predicted molar refractivity (Wildman–Crippen MR) is 129 cm³/mol. The number of hydrogen-bond acceptors (Lipinski definition) is 5. The summed E-state index contributed by atoms with van der Waals surface area (Å²) in [6.45, 7) is 2.95. The SMILES string of the molecule is CCCOc1cccc(C2c3c(oc4ccccc4c3=O)C(=O)N2Cc2ccc(OC)cc2)c1. The number of ether oxygens (including phenoxy) is 2. The maximum Gasteiger partial charge on any atom is 0.291 e. The van der Waals surface area contributed by atoms with Crippen molar-refractivity contribution in [3.8, 4) is 11.5 Å². The first-order valence-corrected chi connectivity index (χ1v) is 11.3. The number of para-hydroxylation sites is 1. The van der Waals surface area contributed by atoms with E-state index in [0.717, 1.165) is 23.3 Å². The van der Waals surface area contributed by atoms with E-state index in [0.29, 0.717) is 35.4 Å². The molecule has 0 aliphatic carbocycles. The van der Waals surface area contributed by atoms with Crippen LogP contribution in [0.15, 0.2) is 82.0 Å². The van der Waals surface area contributed by atoms with Gasteiger partial charge in [0, 0.05) is 6.54 Å². The van der Waals surface area contributed by atoms with Crippen molar-refractivity contribution in [3.05, 3.63) is 105 Å². The van der Waals surface area contributed by atoms with Gasteiger partial charge in [0.25, 0.3) is 5.91 Å². The molecule has 34 heavy (non-hydrogen) atoms. The lowest BCUT2D eigenvalue weighted by Gasteiger charge is -2.25. The number of fused-ring (bicyclic) bond motifs is 2. The van der Waals surface area contributed by atoms with Crippen LogP contribution in [0.3, 0.4) is 0 Å². The van der Waals surface area contributed by atoms with Gasteiger partial charge in [0.2, 0.25) is 5.76 Å². The smallest absolute Gasteiger partial charge is 0.291 e. The second-order valence-corrected chi connectivity index (χ2v) is 8.27. The number of methoxy groups -OCH3 is 1. The molecule has 1 amide bonds. The molecule has 0 bridgehead atoms. The van der Waals surface area contributed by atoms with Crippen LogP contribution in [0.4, 0.5) is 0 Å². The molecule has 0 radical (unpaired) electrons. The Hall–Kier alpha value is -4.06. The second-order valence-electron chi connectivity index (χ2n) is 8.27. The maximum absolute atomic E-state index is 13.6. The van der Waals surface area contributed by atoms with E-state index in [-0.39, 0.29) is 17.1 Å². The lowest BCUT2D eigenvalue weighted by Crippen LogP contribution is -2.29. The summed E-state index contributed by atoms with van der Waals surface area (Å²) in [6.07, 6.45) is 0.883. The fourth-order valence-electron chi connectivity index (χ4n) is 4.40. The number of carbonyl (C=O) groups is 1. The van der Waals surface area contributed by atoms with Gasteiger partial charge in [0.05, 0.1) is 30.7 Å². The average Bonchev–Trinajstić information content (AvgIpc) is 3.15. The highest BCUT2D eigenvalue weighted by Gasteiger charge is 2.42. The fraction of sp³-hybridized carbons (Fsp3) is 0.214. The summed E-state index contributed by atoms with van der Waals surface area (Å²) in [5.74, 6) is 1.23. The first-order chi connectivity index (χ1) is 16.6. The molecule has 1 aromatic heterocycles. The minimum atomic E-state index is -0.587. The highest BCUT2D eigenvalue weighted by molar-refractivity contribution is 5.99. The van der Waals surface area contributed by atoms with E-state index >= 15 is 0 Å². The minimum absolute atomic E-state index is 0.0992. The Bertz CT molecular complexity index is 1410. The van der Waals surface area contributed by atoms with E-state index < -0.39 is 6.04 Å². The molecule has 0 fully saturated rings. The van der Waals surface area contributed by atoms with Gasteiger partial charge in [0.15, 0.2) is 5.43 Å². The van der Waals surface area contributed by atoms with Gasteiger partial charge >= 0.3 is 0 Å². The van der Waals surface area contributed by atoms with E-state index in [2.05, 4.69) is 0 Å². The average molecular weight is 456 g/mol. The number of amides is 1. The Morgan fingerprint density at radius 3 is 2.50 bits per heavy atom. The summed E-state index contributed by atoms with van der Waals surface area (Å²) < 4.78 is 17.1. The summed E-state index contributed by atoms with van der Waals surface area (Å²) >= 11 is 0. The number of carbonyl (C=O) groups excluding carboxylic acids is 1. The molecule has 0 spiro atoms. The molecule has 2 heterocycles. The molecule has 0 N–H and O–H groups in total. The standard InChI is InChI=1S/C28H25NO5/c1-3-15-33-21-8-6-7-19(16-21)25-24-26(30)22-9-4-5-10-23(22)34-27(24)28(31)29(25)17-18-11-13-20(32-2)14-12-18/h4-14,16,25H,3,15,17H2,1-2H3. The number of rotatable bonds is 7. The first kappa shape index (κ1) is 21.8. The van der Waals surface area contributed by atoms with Gasteiger partial charge in [-0.3, -0.25) is 9.59 Å². The van der Waals surface area contributed by atoms with Crippen molar-refractivity contribution >= 4 is 16.9 Å². The minimum Gasteiger partial charge on any atom is -0.497 e. The number of nitrogens with zero attached hydrogens (tertiary/aromatic N) is 1. The normalized spacial score (nSPS) is 14.9. The van der Waals surface area contributed by atoms with Crippen LogP contribution in [-0.2, 0) is 6.54 Å². The van der Waals surface area contributed by atoms with Crippen molar-refractivity contribution in [2.24, 2.45) is 0 Å². The van der Waals surface area contributed by atoms with Crippen molar-refractivity contribution in [2.75, 3.05) is 13.7 Å². The highest BCUT2D eigenvalue weighted by Crippen LogP contribution is 2.40. The molecular formula is C28H25NO5. The van der Waals surface area contributed by atoms with Gasteiger partial charge in [-0.05, 0) is 53.9 Å². The summed E-state index contributed by atoms with van der Waals surface area (Å²) in [6, 6.07) is 21.6. The zero-order valence-electron chi connectivity index (χ0n) is 19.1.